The van der Waals surface area contributed by atoms with Gasteiger partial charge in [-0.25, -0.2) is 9.37 Å². The van der Waals surface area contributed by atoms with Crippen molar-refractivity contribution in [2.24, 2.45) is 11.8 Å². The highest BCUT2D eigenvalue weighted by atomic mass is 19.1. The maximum absolute atomic E-state index is 13.5. The lowest BCUT2D eigenvalue weighted by molar-refractivity contribution is -0.126. The minimum Gasteiger partial charge on any atom is -0.492 e. The van der Waals surface area contributed by atoms with Crippen LogP contribution in [0.4, 0.5) is 10.3 Å². The summed E-state index contributed by atoms with van der Waals surface area (Å²) in [4.78, 5) is 33.0. The molecule has 3 aromatic rings. The fourth-order valence-corrected chi connectivity index (χ4v) is 6.55. The number of aliphatic hydroxyl groups is 1. The second kappa shape index (κ2) is 13.6. The van der Waals surface area contributed by atoms with Gasteiger partial charge in [-0.15, -0.1) is 0 Å². The van der Waals surface area contributed by atoms with Crippen molar-refractivity contribution in [2.75, 3.05) is 31.6 Å². The molecule has 2 heterocycles. The minimum atomic E-state index is -0.641. The Labute approximate surface area is 259 Å². The SMILES string of the molecule is CC(C)NC(=O)C1CCC(n2c(NC(=O)c3ccc(F)cc3)nc3ccc(OCCN4CCC(C(C)(C)O)CC4)cc32)CC1. The van der Waals surface area contributed by atoms with Crippen LogP contribution in [0.3, 0.4) is 0 Å². The van der Waals surface area contributed by atoms with Crippen LogP contribution in [-0.2, 0) is 4.79 Å². The van der Waals surface area contributed by atoms with Gasteiger partial charge in [-0.05, 0) is 122 Å². The predicted octanol–water partition coefficient (Wildman–Crippen LogP) is 5.55. The monoisotopic (exact) mass is 607 g/mol. The molecule has 0 radical (unpaired) electrons. The molecule has 2 aromatic carbocycles. The van der Waals surface area contributed by atoms with Gasteiger partial charge in [0.15, 0.2) is 0 Å². The Kier molecular flexibility index (Phi) is 9.90. The molecule has 5 rings (SSSR count). The van der Waals surface area contributed by atoms with Crippen molar-refractivity contribution in [3.05, 3.63) is 53.8 Å². The van der Waals surface area contributed by atoms with E-state index in [4.69, 9.17) is 9.72 Å². The summed E-state index contributed by atoms with van der Waals surface area (Å²) in [6.07, 6.45) is 4.98. The number of carbonyl (C=O) groups excluding carboxylic acids is 2. The molecule has 2 aliphatic rings. The van der Waals surface area contributed by atoms with Gasteiger partial charge in [0, 0.05) is 36.2 Å². The summed E-state index contributed by atoms with van der Waals surface area (Å²) in [6.45, 7) is 11.0. The van der Waals surface area contributed by atoms with Gasteiger partial charge in [0.25, 0.3) is 5.91 Å². The van der Waals surface area contributed by atoms with Crippen molar-refractivity contribution in [3.63, 3.8) is 0 Å². The predicted molar refractivity (Wildman–Crippen MR) is 169 cm³/mol. The first-order valence-electron chi connectivity index (χ1n) is 15.9. The van der Waals surface area contributed by atoms with Crippen LogP contribution in [0.5, 0.6) is 5.75 Å². The smallest absolute Gasteiger partial charge is 0.257 e. The lowest BCUT2D eigenvalue weighted by atomic mass is 9.83. The maximum atomic E-state index is 13.5. The quantitative estimate of drug-likeness (QED) is 0.279. The molecule has 0 spiro atoms. The van der Waals surface area contributed by atoms with Gasteiger partial charge in [0.1, 0.15) is 18.2 Å². The number of fused-ring (bicyclic) bond motifs is 1. The third kappa shape index (κ3) is 7.77. The lowest BCUT2D eigenvalue weighted by Crippen LogP contribution is -2.43. The van der Waals surface area contributed by atoms with E-state index in [-0.39, 0.29) is 29.8 Å². The molecule has 10 heteroatoms. The van der Waals surface area contributed by atoms with E-state index in [2.05, 4.69) is 20.1 Å². The molecule has 0 unspecified atom stereocenters. The van der Waals surface area contributed by atoms with Gasteiger partial charge in [-0.1, -0.05) is 0 Å². The van der Waals surface area contributed by atoms with Crippen molar-refractivity contribution >= 4 is 28.8 Å². The third-order valence-electron chi connectivity index (χ3n) is 9.12. The van der Waals surface area contributed by atoms with E-state index in [1.165, 1.54) is 24.3 Å². The van der Waals surface area contributed by atoms with Gasteiger partial charge in [-0.2, -0.15) is 0 Å². The number of nitrogens with zero attached hydrogens (tertiary/aromatic N) is 3. The van der Waals surface area contributed by atoms with Gasteiger partial charge >= 0.3 is 0 Å². The molecule has 1 aromatic heterocycles. The number of halogens is 1. The largest absolute Gasteiger partial charge is 0.492 e. The average molecular weight is 608 g/mol. The van der Waals surface area contributed by atoms with Crippen LogP contribution in [0.2, 0.25) is 0 Å². The zero-order chi connectivity index (χ0) is 31.4. The molecule has 1 saturated heterocycles. The first kappa shape index (κ1) is 31.9. The average Bonchev–Trinajstić information content (AvgIpc) is 3.34. The van der Waals surface area contributed by atoms with E-state index in [0.29, 0.717) is 24.0 Å². The summed E-state index contributed by atoms with van der Waals surface area (Å²) in [5, 5.41) is 16.3. The highest BCUT2D eigenvalue weighted by Gasteiger charge is 2.31. The van der Waals surface area contributed by atoms with Crippen LogP contribution in [0.15, 0.2) is 42.5 Å². The van der Waals surface area contributed by atoms with Crippen molar-refractivity contribution in [1.29, 1.82) is 0 Å². The van der Waals surface area contributed by atoms with Gasteiger partial charge in [-0.3, -0.25) is 19.8 Å². The van der Waals surface area contributed by atoms with E-state index in [1.54, 1.807) is 0 Å². The van der Waals surface area contributed by atoms with E-state index in [0.717, 1.165) is 74.9 Å². The molecular formula is C34H46FN5O4. The summed E-state index contributed by atoms with van der Waals surface area (Å²) < 4.78 is 21.7. The molecule has 1 saturated carbocycles. The van der Waals surface area contributed by atoms with Crippen LogP contribution in [0.1, 0.15) is 82.6 Å². The topological polar surface area (TPSA) is 109 Å². The summed E-state index contributed by atoms with van der Waals surface area (Å²) in [6, 6.07) is 11.4. The molecule has 44 heavy (non-hydrogen) atoms. The lowest BCUT2D eigenvalue weighted by Gasteiger charge is -2.37. The Morgan fingerprint density at radius 3 is 2.36 bits per heavy atom. The Morgan fingerprint density at radius 2 is 1.73 bits per heavy atom. The second-order valence-corrected chi connectivity index (χ2v) is 13.2. The van der Waals surface area contributed by atoms with Crippen LogP contribution in [0, 0.1) is 17.7 Å². The Morgan fingerprint density at radius 1 is 1.05 bits per heavy atom. The zero-order valence-electron chi connectivity index (χ0n) is 26.3. The Hall–Kier alpha value is -3.50. The van der Waals surface area contributed by atoms with Crippen molar-refractivity contribution < 1.29 is 23.8 Å². The van der Waals surface area contributed by atoms with Crippen LogP contribution in [-0.4, -0.2) is 69.3 Å². The van der Waals surface area contributed by atoms with E-state index < -0.39 is 11.4 Å². The number of hydrogen-bond donors (Lipinski definition) is 3. The van der Waals surface area contributed by atoms with E-state index >= 15 is 0 Å². The number of piperidine rings is 1. The molecular weight excluding hydrogens is 561 g/mol. The van der Waals surface area contributed by atoms with Crippen LogP contribution >= 0.6 is 0 Å². The first-order chi connectivity index (χ1) is 21.0. The third-order valence-corrected chi connectivity index (χ3v) is 9.12. The van der Waals surface area contributed by atoms with E-state index in [1.807, 2.05) is 45.9 Å². The molecule has 238 valence electrons. The van der Waals surface area contributed by atoms with Gasteiger partial charge < -0.3 is 19.7 Å². The number of hydrogen-bond acceptors (Lipinski definition) is 6. The number of benzene rings is 2. The molecule has 2 amide bonds. The van der Waals surface area contributed by atoms with Gasteiger partial charge in [0.05, 0.1) is 16.6 Å². The first-order valence-corrected chi connectivity index (χ1v) is 15.9. The van der Waals surface area contributed by atoms with Crippen molar-refractivity contribution in [3.8, 4) is 5.75 Å². The molecule has 9 nitrogen and oxygen atoms in total. The molecule has 0 bridgehead atoms. The highest BCUT2D eigenvalue weighted by molar-refractivity contribution is 6.04. The number of ether oxygens (including phenoxy) is 1. The van der Waals surface area contributed by atoms with Gasteiger partial charge in [0.2, 0.25) is 11.9 Å². The standard InChI is InChI=1S/C34H46FN5O4/c1-22(2)36-31(41)24-7-11-27(12-8-24)40-30-21-28(44-20-19-39-17-15-25(16-18-39)34(3,4)43)13-14-29(30)37-33(40)38-32(42)23-5-9-26(35)10-6-23/h5-6,9-10,13-14,21-22,24-25,27,43H,7-8,11-12,15-20H2,1-4H3,(H,36,41)(H,37,38,42). The zero-order valence-corrected chi connectivity index (χ0v) is 26.3. The number of anilines is 1. The molecule has 0 atom stereocenters. The fraction of sp³-hybridized carbons (Fsp3) is 0.559. The number of carbonyl (C=O) groups is 2. The normalized spacial score (nSPS) is 20.2. The molecule has 1 aliphatic carbocycles. The summed E-state index contributed by atoms with van der Waals surface area (Å²) in [5.74, 6) is 0.767. The number of amides is 2. The molecule has 1 aliphatic heterocycles. The molecule has 3 N–H and O–H groups in total. The minimum absolute atomic E-state index is 0.0342. The van der Waals surface area contributed by atoms with E-state index in [9.17, 15) is 19.1 Å². The summed E-state index contributed by atoms with van der Waals surface area (Å²) in [5.41, 5.74) is 1.30. The Bertz CT molecular complexity index is 1430. The summed E-state index contributed by atoms with van der Waals surface area (Å²) in [7, 11) is 0. The van der Waals surface area contributed by atoms with Crippen LogP contribution < -0.4 is 15.4 Å². The number of rotatable bonds is 10. The number of likely N-dealkylation sites (tertiary alicyclic amines) is 1. The highest BCUT2D eigenvalue weighted by Crippen LogP contribution is 2.38. The fourth-order valence-electron chi connectivity index (χ4n) is 6.55. The number of nitrogens with one attached hydrogen (secondary N) is 2. The molecule has 2 fully saturated rings. The van der Waals surface area contributed by atoms with Crippen LogP contribution in [0.25, 0.3) is 11.0 Å². The van der Waals surface area contributed by atoms with Crippen molar-refractivity contribution in [1.82, 2.24) is 19.8 Å². The summed E-state index contributed by atoms with van der Waals surface area (Å²) >= 11 is 0. The second-order valence-electron chi connectivity index (χ2n) is 13.2. The number of imidazole rings is 1. The Balaban J connectivity index is 1.31. The maximum Gasteiger partial charge on any atom is 0.257 e. The number of aromatic nitrogens is 2. The van der Waals surface area contributed by atoms with Crippen molar-refractivity contribution in [2.45, 2.75) is 83.9 Å².